The van der Waals surface area contributed by atoms with Crippen LogP contribution in [0.4, 0.5) is 0 Å². The number of benzene rings is 1. The van der Waals surface area contributed by atoms with Gasteiger partial charge < -0.3 is 10.1 Å². The van der Waals surface area contributed by atoms with Crippen LogP contribution in [0.2, 0.25) is 0 Å². The van der Waals surface area contributed by atoms with Gasteiger partial charge in [0.05, 0.1) is 7.11 Å². The molecule has 0 fully saturated rings. The number of methoxy groups -OCH3 is 1. The van der Waals surface area contributed by atoms with Crippen LogP contribution in [-0.4, -0.2) is 39.2 Å². The van der Waals surface area contributed by atoms with Crippen molar-refractivity contribution in [3.8, 4) is 5.75 Å². The van der Waals surface area contributed by atoms with Crippen molar-refractivity contribution in [1.82, 2.24) is 10.2 Å². The molecule has 1 atom stereocenters. The lowest BCUT2D eigenvalue weighted by molar-refractivity contribution is 0.227. The van der Waals surface area contributed by atoms with Crippen LogP contribution in [0, 0.1) is 0 Å². The van der Waals surface area contributed by atoms with Gasteiger partial charge in [0.15, 0.2) is 0 Å². The first-order valence-corrected chi connectivity index (χ1v) is 6.78. The SMILES string of the molecule is CC.CNCC1c2ccc(OC)cc2CCN1C. The average molecular weight is 250 g/mol. The fourth-order valence-corrected chi connectivity index (χ4v) is 2.40. The van der Waals surface area contributed by atoms with Crippen molar-refractivity contribution >= 4 is 0 Å². The summed E-state index contributed by atoms with van der Waals surface area (Å²) in [6.45, 7) is 6.11. The van der Waals surface area contributed by atoms with Gasteiger partial charge in [-0.1, -0.05) is 19.9 Å². The van der Waals surface area contributed by atoms with Gasteiger partial charge in [0.1, 0.15) is 5.75 Å². The van der Waals surface area contributed by atoms with E-state index >= 15 is 0 Å². The summed E-state index contributed by atoms with van der Waals surface area (Å²) < 4.78 is 5.27. The molecule has 0 saturated carbocycles. The number of nitrogens with one attached hydrogen (secondary N) is 1. The van der Waals surface area contributed by atoms with Crippen molar-refractivity contribution in [2.24, 2.45) is 0 Å². The number of likely N-dealkylation sites (N-methyl/N-ethyl adjacent to an activating group) is 2. The molecule has 0 bridgehead atoms. The zero-order chi connectivity index (χ0) is 13.5. The second-order valence-corrected chi connectivity index (χ2v) is 4.37. The van der Waals surface area contributed by atoms with Crippen LogP contribution in [0.25, 0.3) is 0 Å². The molecule has 0 amide bonds. The van der Waals surface area contributed by atoms with Gasteiger partial charge in [0, 0.05) is 19.1 Å². The molecule has 1 aromatic rings. The molecule has 2 rings (SSSR count). The lowest BCUT2D eigenvalue weighted by atomic mass is 9.92. The van der Waals surface area contributed by atoms with E-state index in [4.69, 9.17) is 4.74 Å². The lowest BCUT2D eigenvalue weighted by Crippen LogP contribution is -2.37. The Bertz CT molecular complexity index is 366. The van der Waals surface area contributed by atoms with Crippen molar-refractivity contribution in [3.63, 3.8) is 0 Å². The summed E-state index contributed by atoms with van der Waals surface area (Å²) in [4.78, 5) is 2.41. The molecule has 1 heterocycles. The van der Waals surface area contributed by atoms with Crippen molar-refractivity contribution in [1.29, 1.82) is 0 Å². The zero-order valence-corrected chi connectivity index (χ0v) is 12.3. The summed E-state index contributed by atoms with van der Waals surface area (Å²) >= 11 is 0. The van der Waals surface area contributed by atoms with Gasteiger partial charge in [-0.3, -0.25) is 4.90 Å². The molecule has 1 aromatic carbocycles. The molecular weight excluding hydrogens is 224 g/mol. The molecule has 3 nitrogen and oxygen atoms in total. The van der Waals surface area contributed by atoms with E-state index < -0.39 is 0 Å². The van der Waals surface area contributed by atoms with Gasteiger partial charge in [-0.05, 0) is 43.8 Å². The maximum absolute atomic E-state index is 5.27. The van der Waals surface area contributed by atoms with Crippen molar-refractivity contribution < 1.29 is 4.74 Å². The van der Waals surface area contributed by atoms with Crippen molar-refractivity contribution in [2.75, 3.05) is 34.3 Å². The Morgan fingerprint density at radius 1 is 1.39 bits per heavy atom. The molecular formula is C15H26N2O. The predicted octanol–water partition coefficient (Wildman–Crippen LogP) is 2.47. The number of fused-ring (bicyclic) bond motifs is 1. The molecule has 102 valence electrons. The normalized spacial score (nSPS) is 18.6. The quantitative estimate of drug-likeness (QED) is 0.892. The first-order valence-electron chi connectivity index (χ1n) is 6.78. The Morgan fingerprint density at radius 3 is 2.72 bits per heavy atom. The Hall–Kier alpha value is -1.06. The van der Waals surface area contributed by atoms with E-state index in [0.29, 0.717) is 6.04 Å². The summed E-state index contributed by atoms with van der Waals surface area (Å²) in [7, 11) is 5.92. The zero-order valence-electron chi connectivity index (χ0n) is 12.3. The number of hydrogen-bond acceptors (Lipinski definition) is 3. The topological polar surface area (TPSA) is 24.5 Å². The highest BCUT2D eigenvalue weighted by molar-refractivity contribution is 5.39. The summed E-state index contributed by atoms with van der Waals surface area (Å²) in [6.07, 6.45) is 1.11. The van der Waals surface area contributed by atoms with E-state index in [1.165, 1.54) is 11.1 Å². The number of hydrogen-bond donors (Lipinski definition) is 1. The Kier molecular flexibility index (Phi) is 6.16. The minimum atomic E-state index is 0.486. The maximum atomic E-state index is 5.27. The van der Waals surface area contributed by atoms with E-state index in [0.717, 1.165) is 25.3 Å². The highest BCUT2D eigenvalue weighted by atomic mass is 16.5. The molecule has 0 aliphatic carbocycles. The Morgan fingerprint density at radius 2 is 2.11 bits per heavy atom. The molecule has 1 aliphatic rings. The third-order valence-corrected chi connectivity index (χ3v) is 3.37. The molecule has 0 radical (unpaired) electrons. The second kappa shape index (κ2) is 7.39. The van der Waals surface area contributed by atoms with Crippen LogP contribution in [0.3, 0.4) is 0 Å². The smallest absolute Gasteiger partial charge is 0.119 e. The average Bonchev–Trinajstić information content (AvgIpc) is 2.44. The van der Waals surface area contributed by atoms with Crippen LogP contribution in [-0.2, 0) is 6.42 Å². The van der Waals surface area contributed by atoms with E-state index in [9.17, 15) is 0 Å². The molecule has 0 saturated heterocycles. The summed E-state index contributed by atoms with van der Waals surface area (Å²) in [5.74, 6) is 0.964. The molecule has 0 spiro atoms. The third-order valence-electron chi connectivity index (χ3n) is 3.37. The fourth-order valence-electron chi connectivity index (χ4n) is 2.40. The minimum Gasteiger partial charge on any atom is -0.497 e. The molecule has 3 heteroatoms. The van der Waals surface area contributed by atoms with Crippen LogP contribution < -0.4 is 10.1 Å². The maximum Gasteiger partial charge on any atom is 0.119 e. The van der Waals surface area contributed by atoms with Gasteiger partial charge in [0.2, 0.25) is 0 Å². The Balaban J connectivity index is 0.000000771. The van der Waals surface area contributed by atoms with Crippen LogP contribution >= 0.6 is 0 Å². The van der Waals surface area contributed by atoms with Crippen LogP contribution in [0.15, 0.2) is 18.2 Å². The summed E-state index contributed by atoms with van der Waals surface area (Å²) in [5.41, 5.74) is 2.86. The minimum absolute atomic E-state index is 0.486. The largest absolute Gasteiger partial charge is 0.497 e. The monoisotopic (exact) mass is 250 g/mol. The molecule has 1 aliphatic heterocycles. The summed E-state index contributed by atoms with van der Waals surface area (Å²) in [6, 6.07) is 6.91. The predicted molar refractivity (Wildman–Crippen MR) is 77.3 cm³/mol. The fraction of sp³-hybridized carbons (Fsp3) is 0.600. The van der Waals surface area contributed by atoms with E-state index in [1.54, 1.807) is 7.11 Å². The Labute approximate surface area is 111 Å². The van der Waals surface area contributed by atoms with Gasteiger partial charge in [-0.2, -0.15) is 0 Å². The number of rotatable bonds is 3. The summed E-state index contributed by atoms with van der Waals surface area (Å²) in [5, 5.41) is 3.26. The van der Waals surface area contributed by atoms with E-state index in [1.807, 2.05) is 20.9 Å². The first-order chi connectivity index (χ1) is 8.76. The van der Waals surface area contributed by atoms with Gasteiger partial charge in [-0.25, -0.2) is 0 Å². The number of ether oxygens (including phenoxy) is 1. The van der Waals surface area contributed by atoms with Gasteiger partial charge in [0.25, 0.3) is 0 Å². The number of nitrogens with zero attached hydrogens (tertiary/aromatic N) is 1. The molecule has 1 N–H and O–H groups in total. The highest BCUT2D eigenvalue weighted by Crippen LogP contribution is 2.30. The molecule has 1 unspecified atom stereocenters. The van der Waals surface area contributed by atoms with Crippen molar-refractivity contribution in [2.45, 2.75) is 26.3 Å². The third kappa shape index (κ3) is 3.24. The first kappa shape index (κ1) is 15.0. The van der Waals surface area contributed by atoms with Gasteiger partial charge in [-0.15, -0.1) is 0 Å². The van der Waals surface area contributed by atoms with Gasteiger partial charge >= 0.3 is 0 Å². The van der Waals surface area contributed by atoms with Crippen LogP contribution in [0.5, 0.6) is 5.75 Å². The van der Waals surface area contributed by atoms with Crippen molar-refractivity contribution in [3.05, 3.63) is 29.3 Å². The highest BCUT2D eigenvalue weighted by Gasteiger charge is 2.24. The lowest BCUT2D eigenvalue weighted by Gasteiger charge is -2.34. The van der Waals surface area contributed by atoms with E-state index in [-0.39, 0.29) is 0 Å². The van der Waals surface area contributed by atoms with E-state index in [2.05, 4.69) is 35.5 Å². The van der Waals surface area contributed by atoms with Crippen LogP contribution in [0.1, 0.15) is 31.0 Å². The molecule has 18 heavy (non-hydrogen) atoms. The standard InChI is InChI=1S/C13H20N2O.C2H6/c1-14-9-13-12-5-4-11(16-3)8-10(12)6-7-15(13)2;1-2/h4-5,8,13-14H,6-7,9H2,1-3H3;1-2H3. The second-order valence-electron chi connectivity index (χ2n) is 4.37. The molecule has 0 aromatic heterocycles.